The molecule has 0 heterocycles. The summed E-state index contributed by atoms with van der Waals surface area (Å²) in [5.74, 6) is 0.103. The van der Waals surface area contributed by atoms with E-state index in [1.807, 2.05) is 6.07 Å². The second-order valence-electron chi connectivity index (χ2n) is 7.27. The molecular weight excluding hydrogens is 442 g/mol. The zero-order valence-electron chi connectivity index (χ0n) is 18.3. The number of ether oxygens (including phenoxy) is 1. The van der Waals surface area contributed by atoms with Crippen molar-refractivity contribution in [3.05, 3.63) is 89.5 Å². The Morgan fingerprint density at radius 2 is 1.79 bits per heavy atom. The summed E-state index contributed by atoms with van der Waals surface area (Å²) in [5.41, 5.74) is 4.43. The molecule has 2 N–H and O–H groups in total. The van der Waals surface area contributed by atoms with Crippen LogP contribution < -0.4 is 10.2 Å². The molecule has 0 bridgehead atoms. The van der Waals surface area contributed by atoms with Gasteiger partial charge in [0, 0.05) is 6.54 Å². The number of methoxy groups -OCH3 is 1. The molecule has 0 fully saturated rings. The second kappa shape index (κ2) is 10.8. The molecule has 0 aliphatic carbocycles. The number of phenolic OH excluding ortho intramolecular Hbond substituents is 1. The summed E-state index contributed by atoms with van der Waals surface area (Å²) in [4.78, 5) is 12.6. The van der Waals surface area contributed by atoms with Crippen molar-refractivity contribution in [3.63, 3.8) is 0 Å². The van der Waals surface area contributed by atoms with Gasteiger partial charge in [-0.2, -0.15) is 9.41 Å². The van der Waals surface area contributed by atoms with Crippen molar-refractivity contribution in [1.82, 2.24) is 9.73 Å². The van der Waals surface area contributed by atoms with Crippen LogP contribution in [0.3, 0.4) is 0 Å². The van der Waals surface area contributed by atoms with Gasteiger partial charge >= 0.3 is 0 Å². The van der Waals surface area contributed by atoms with Gasteiger partial charge in [0.15, 0.2) is 0 Å². The molecule has 0 saturated carbocycles. The van der Waals surface area contributed by atoms with E-state index < -0.39 is 22.5 Å². The van der Waals surface area contributed by atoms with Crippen LogP contribution in [0.15, 0.2) is 82.8 Å². The molecule has 1 amide bonds. The number of carbonyl (C=O) groups is 1. The van der Waals surface area contributed by atoms with Crippen LogP contribution in [0.1, 0.15) is 16.7 Å². The van der Waals surface area contributed by atoms with E-state index >= 15 is 0 Å². The van der Waals surface area contributed by atoms with Crippen LogP contribution in [0.4, 0.5) is 0 Å². The minimum absolute atomic E-state index is 0.0172. The van der Waals surface area contributed by atoms with Gasteiger partial charge in [0.25, 0.3) is 5.91 Å². The van der Waals surface area contributed by atoms with E-state index in [9.17, 15) is 18.3 Å². The van der Waals surface area contributed by atoms with Crippen LogP contribution in [-0.2, 0) is 21.4 Å². The Balaban J connectivity index is 1.80. The van der Waals surface area contributed by atoms with Crippen LogP contribution in [0, 0.1) is 6.92 Å². The third-order valence-corrected chi connectivity index (χ3v) is 6.61. The van der Waals surface area contributed by atoms with Gasteiger partial charge in [-0.25, -0.2) is 13.8 Å². The molecule has 0 aliphatic heterocycles. The number of aromatic hydroxyl groups is 1. The third-order valence-electron chi connectivity index (χ3n) is 4.82. The highest BCUT2D eigenvalue weighted by Crippen LogP contribution is 2.24. The number of hydrogen-bond donors (Lipinski definition) is 2. The highest BCUT2D eigenvalue weighted by atomic mass is 32.2. The third kappa shape index (κ3) is 6.41. The quantitative estimate of drug-likeness (QED) is 0.371. The van der Waals surface area contributed by atoms with E-state index in [0.717, 1.165) is 9.87 Å². The maximum Gasteiger partial charge on any atom is 0.255 e. The Bertz CT molecular complexity index is 1230. The lowest BCUT2D eigenvalue weighted by molar-refractivity contribution is -0.121. The van der Waals surface area contributed by atoms with E-state index in [2.05, 4.69) is 10.5 Å². The minimum atomic E-state index is -3.99. The molecular formula is C24H25N3O5S. The van der Waals surface area contributed by atoms with Gasteiger partial charge in [0.05, 0.1) is 24.8 Å². The summed E-state index contributed by atoms with van der Waals surface area (Å²) in [5, 5.41) is 13.2. The van der Waals surface area contributed by atoms with Crippen molar-refractivity contribution in [2.45, 2.75) is 18.4 Å². The van der Waals surface area contributed by atoms with Gasteiger partial charge in [-0.15, -0.1) is 0 Å². The van der Waals surface area contributed by atoms with Gasteiger partial charge in [-0.1, -0.05) is 30.3 Å². The molecule has 3 aromatic carbocycles. The van der Waals surface area contributed by atoms with E-state index in [-0.39, 0.29) is 17.2 Å². The van der Waals surface area contributed by atoms with E-state index in [0.29, 0.717) is 16.9 Å². The van der Waals surface area contributed by atoms with Crippen LogP contribution in [0.25, 0.3) is 0 Å². The van der Waals surface area contributed by atoms with Crippen LogP contribution in [0.5, 0.6) is 11.5 Å². The predicted octanol–water partition coefficient (Wildman–Crippen LogP) is 3.05. The summed E-state index contributed by atoms with van der Waals surface area (Å²) < 4.78 is 33.1. The lowest BCUT2D eigenvalue weighted by Crippen LogP contribution is -2.39. The molecule has 0 spiro atoms. The highest BCUT2D eigenvalue weighted by molar-refractivity contribution is 7.89. The zero-order chi connectivity index (χ0) is 23.8. The zero-order valence-corrected chi connectivity index (χ0v) is 19.1. The van der Waals surface area contributed by atoms with Crippen LogP contribution >= 0.6 is 0 Å². The Morgan fingerprint density at radius 1 is 1.09 bits per heavy atom. The summed E-state index contributed by atoms with van der Waals surface area (Å²) in [7, 11) is -2.47. The number of phenols is 1. The Labute approximate surface area is 193 Å². The Morgan fingerprint density at radius 3 is 2.42 bits per heavy atom. The lowest BCUT2D eigenvalue weighted by atomic mass is 10.2. The second-order valence-corrected chi connectivity index (χ2v) is 9.21. The topological polar surface area (TPSA) is 108 Å². The van der Waals surface area contributed by atoms with Crippen molar-refractivity contribution in [2.75, 3.05) is 13.7 Å². The molecule has 0 atom stereocenters. The average Bonchev–Trinajstić information content (AvgIpc) is 2.80. The molecule has 33 heavy (non-hydrogen) atoms. The molecule has 0 saturated heterocycles. The van der Waals surface area contributed by atoms with Crippen LogP contribution in [-0.4, -0.2) is 43.6 Å². The van der Waals surface area contributed by atoms with Gasteiger partial charge in [-0.3, -0.25) is 4.79 Å². The van der Waals surface area contributed by atoms with Gasteiger partial charge in [0.1, 0.15) is 11.5 Å². The molecule has 0 aliphatic rings. The van der Waals surface area contributed by atoms with Crippen LogP contribution in [0.2, 0.25) is 0 Å². The molecule has 0 radical (unpaired) electrons. The first-order valence-electron chi connectivity index (χ1n) is 10.1. The van der Waals surface area contributed by atoms with Crippen molar-refractivity contribution in [2.24, 2.45) is 5.10 Å². The minimum Gasteiger partial charge on any atom is -0.508 e. The van der Waals surface area contributed by atoms with E-state index in [4.69, 9.17) is 4.74 Å². The lowest BCUT2D eigenvalue weighted by Gasteiger charge is -2.22. The summed E-state index contributed by atoms with van der Waals surface area (Å²) in [6.07, 6.45) is 1.40. The average molecular weight is 468 g/mol. The fourth-order valence-corrected chi connectivity index (χ4v) is 4.58. The molecule has 0 unspecified atom stereocenters. The predicted molar refractivity (Wildman–Crippen MR) is 126 cm³/mol. The van der Waals surface area contributed by atoms with Crippen molar-refractivity contribution >= 4 is 22.1 Å². The standard InChI is InChI=1S/C24H25N3O5S/c1-18-14-22(12-13-23(18)32-2)33(30,31)27(16-20-6-4-3-5-7-20)17-24(29)26-25-15-19-8-10-21(28)11-9-19/h3-15,28H,16-17H2,1-2H3,(H,26,29)/b25-15+. The molecule has 3 aromatic rings. The smallest absolute Gasteiger partial charge is 0.255 e. The first kappa shape index (κ1) is 24.0. The Hall–Kier alpha value is -3.69. The summed E-state index contributed by atoms with van der Waals surface area (Å²) in [6.45, 7) is 1.35. The molecule has 0 aromatic heterocycles. The normalized spacial score (nSPS) is 11.6. The number of sulfonamides is 1. The maximum absolute atomic E-state index is 13.4. The van der Waals surface area contributed by atoms with E-state index in [1.54, 1.807) is 49.4 Å². The number of amides is 1. The fraction of sp³-hybridized carbons (Fsp3) is 0.167. The number of aryl methyl sites for hydroxylation is 1. The van der Waals surface area contributed by atoms with E-state index in [1.165, 1.54) is 37.6 Å². The largest absolute Gasteiger partial charge is 0.508 e. The number of carbonyl (C=O) groups excluding carboxylic acids is 1. The molecule has 8 nitrogen and oxygen atoms in total. The summed E-state index contributed by atoms with van der Waals surface area (Å²) >= 11 is 0. The van der Waals surface area contributed by atoms with Gasteiger partial charge < -0.3 is 9.84 Å². The van der Waals surface area contributed by atoms with Gasteiger partial charge in [-0.05, 0) is 66.1 Å². The van der Waals surface area contributed by atoms with Gasteiger partial charge in [0.2, 0.25) is 10.0 Å². The number of nitrogens with one attached hydrogen (secondary N) is 1. The molecule has 9 heteroatoms. The number of hydrazone groups is 1. The van der Waals surface area contributed by atoms with Crippen molar-refractivity contribution < 1.29 is 23.1 Å². The number of nitrogens with zero attached hydrogens (tertiary/aromatic N) is 2. The number of hydrogen-bond acceptors (Lipinski definition) is 6. The Kier molecular flexibility index (Phi) is 7.81. The monoisotopic (exact) mass is 467 g/mol. The first-order valence-corrected chi connectivity index (χ1v) is 11.5. The summed E-state index contributed by atoms with van der Waals surface area (Å²) in [6, 6.07) is 19.8. The highest BCUT2D eigenvalue weighted by Gasteiger charge is 2.27. The maximum atomic E-state index is 13.4. The fourth-order valence-electron chi connectivity index (χ4n) is 3.11. The SMILES string of the molecule is COc1ccc(S(=O)(=O)N(CC(=O)N/N=C/c2ccc(O)cc2)Cc2ccccc2)cc1C. The number of benzene rings is 3. The number of rotatable bonds is 9. The van der Waals surface area contributed by atoms with Crippen molar-refractivity contribution in [1.29, 1.82) is 0 Å². The van der Waals surface area contributed by atoms with Crippen molar-refractivity contribution in [3.8, 4) is 11.5 Å². The first-order chi connectivity index (χ1) is 15.8. The molecule has 172 valence electrons. The molecule has 3 rings (SSSR count).